The predicted molar refractivity (Wildman–Crippen MR) is 99.9 cm³/mol. The molecule has 3 rings (SSSR count). The maximum Gasteiger partial charge on any atom is 0.305 e. The molecule has 0 bridgehead atoms. The van der Waals surface area contributed by atoms with Crippen molar-refractivity contribution >= 4 is 17.3 Å². The van der Waals surface area contributed by atoms with Crippen LogP contribution in [-0.2, 0) is 16.2 Å². The Balaban J connectivity index is 1.81. The molecule has 1 heterocycles. The van der Waals surface area contributed by atoms with Gasteiger partial charge in [0.25, 0.3) is 0 Å². The van der Waals surface area contributed by atoms with Crippen LogP contribution in [0.2, 0.25) is 0 Å². The van der Waals surface area contributed by atoms with E-state index < -0.39 is 23.4 Å². The van der Waals surface area contributed by atoms with Gasteiger partial charge in [0.15, 0.2) is 4.90 Å². The number of hydrogen-bond acceptors (Lipinski definition) is 4. The van der Waals surface area contributed by atoms with E-state index in [1.54, 1.807) is 24.3 Å². The minimum absolute atomic E-state index is 0.237. The predicted octanol–water partition coefficient (Wildman–Crippen LogP) is 4.08. The number of benzene rings is 2. The zero-order valence-corrected chi connectivity index (χ0v) is 15.0. The maximum atomic E-state index is 12.6. The van der Waals surface area contributed by atoms with Gasteiger partial charge in [-0.3, -0.25) is 4.79 Å². The highest BCUT2D eigenvalue weighted by molar-refractivity contribution is 7.89. The van der Waals surface area contributed by atoms with E-state index in [1.807, 2.05) is 49.4 Å². The molecule has 0 spiro atoms. The van der Waals surface area contributed by atoms with Crippen LogP contribution in [0.15, 0.2) is 76.0 Å². The summed E-state index contributed by atoms with van der Waals surface area (Å²) < 4.78 is 21.3. The summed E-state index contributed by atoms with van der Waals surface area (Å²) in [5, 5.41) is 9.21. The monoisotopic (exact) mass is 369 g/mol. The largest absolute Gasteiger partial charge is 0.593 e. The van der Waals surface area contributed by atoms with E-state index in [-0.39, 0.29) is 6.42 Å². The molecule has 0 saturated heterocycles. The number of carbonyl (C=O) groups is 1. The first kappa shape index (κ1) is 18.3. The number of rotatable bonds is 7. The highest BCUT2D eigenvalue weighted by Gasteiger charge is 2.26. The van der Waals surface area contributed by atoms with Crippen molar-refractivity contribution in [2.75, 3.05) is 0 Å². The minimum Gasteiger partial charge on any atom is -0.593 e. The first-order chi connectivity index (χ1) is 12.5. The van der Waals surface area contributed by atoms with Crippen molar-refractivity contribution in [1.82, 2.24) is 4.72 Å². The fourth-order valence-corrected chi connectivity index (χ4v) is 3.51. The van der Waals surface area contributed by atoms with E-state index in [1.165, 1.54) is 0 Å². The summed E-state index contributed by atoms with van der Waals surface area (Å²) in [5.41, 5.74) is 1.96. The quantitative estimate of drug-likeness (QED) is 0.613. The topological polar surface area (TPSA) is 85.5 Å². The van der Waals surface area contributed by atoms with Crippen LogP contribution in [0.4, 0.5) is 0 Å². The lowest BCUT2D eigenvalue weighted by molar-refractivity contribution is -0.137. The molecule has 0 aliphatic rings. The summed E-state index contributed by atoms with van der Waals surface area (Å²) >= 11 is -1.55. The lowest BCUT2D eigenvalue weighted by Gasteiger charge is -2.17. The number of aliphatic carboxylic acids is 1. The first-order valence-corrected chi connectivity index (χ1v) is 9.29. The second-order valence-electron chi connectivity index (χ2n) is 5.92. The van der Waals surface area contributed by atoms with Crippen LogP contribution < -0.4 is 4.72 Å². The number of furan rings is 1. The summed E-state index contributed by atoms with van der Waals surface area (Å²) in [6.45, 7) is 1.95. The maximum absolute atomic E-state index is 12.6. The molecule has 2 aromatic carbocycles. The van der Waals surface area contributed by atoms with Crippen LogP contribution in [0.3, 0.4) is 0 Å². The Morgan fingerprint density at radius 1 is 1.12 bits per heavy atom. The van der Waals surface area contributed by atoms with Gasteiger partial charge in [-0.2, -0.15) is 0 Å². The van der Waals surface area contributed by atoms with Gasteiger partial charge in [-0.1, -0.05) is 48.0 Å². The van der Waals surface area contributed by atoms with E-state index in [2.05, 4.69) is 4.72 Å². The molecule has 0 aliphatic heterocycles. The van der Waals surface area contributed by atoms with Crippen LogP contribution in [-0.4, -0.2) is 15.6 Å². The Morgan fingerprint density at radius 3 is 2.46 bits per heavy atom. The molecule has 26 heavy (non-hydrogen) atoms. The molecule has 1 unspecified atom stereocenters. The lowest BCUT2D eigenvalue weighted by atomic mass is 10.1. The van der Waals surface area contributed by atoms with E-state index in [0.29, 0.717) is 16.4 Å². The van der Waals surface area contributed by atoms with Gasteiger partial charge < -0.3 is 14.1 Å². The fourth-order valence-electron chi connectivity index (χ4n) is 2.53. The highest BCUT2D eigenvalue weighted by atomic mass is 32.2. The molecular formula is C20H19NO4S. The lowest BCUT2D eigenvalue weighted by Crippen LogP contribution is -2.30. The second-order valence-corrected chi connectivity index (χ2v) is 7.16. The number of carboxylic acids is 1. The van der Waals surface area contributed by atoms with E-state index in [9.17, 15) is 14.5 Å². The van der Waals surface area contributed by atoms with Crippen molar-refractivity contribution in [3.05, 3.63) is 78.1 Å². The average Bonchev–Trinajstić information content (AvgIpc) is 3.12. The molecule has 3 aromatic rings. The molecule has 2 N–H and O–H groups in total. The van der Waals surface area contributed by atoms with Crippen LogP contribution in [0.5, 0.6) is 0 Å². The summed E-state index contributed by atoms with van der Waals surface area (Å²) in [4.78, 5) is 11.8. The molecule has 1 aromatic heterocycles. The number of hydrogen-bond donors (Lipinski definition) is 2. The van der Waals surface area contributed by atoms with Gasteiger partial charge in [-0.05, 0) is 31.2 Å². The number of aryl methyl sites for hydroxylation is 1. The minimum atomic E-state index is -1.55. The van der Waals surface area contributed by atoms with E-state index >= 15 is 0 Å². The third kappa shape index (κ3) is 4.54. The van der Waals surface area contributed by atoms with Gasteiger partial charge in [-0.25, -0.2) is 0 Å². The van der Waals surface area contributed by atoms with Gasteiger partial charge in [-0.15, -0.1) is 4.72 Å². The standard InChI is InChI=1S/C20H19NO4S/c1-14-7-9-16(10-8-14)26(24)21-17(13-20(22)23)19-12-11-18(25-19)15-5-3-2-4-6-15/h2-12,17,21H,13H2,1H3,(H,22,23)/t17?,26-/m1/s1. The third-order valence-corrected chi connectivity index (χ3v) is 5.09. The first-order valence-electron chi connectivity index (χ1n) is 8.14. The fraction of sp³-hybridized carbons (Fsp3) is 0.150. The van der Waals surface area contributed by atoms with Gasteiger partial charge >= 0.3 is 5.97 Å². The van der Waals surface area contributed by atoms with Crippen LogP contribution in [0, 0.1) is 6.92 Å². The third-order valence-electron chi connectivity index (χ3n) is 3.89. The summed E-state index contributed by atoms with van der Waals surface area (Å²) in [7, 11) is 0. The smallest absolute Gasteiger partial charge is 0.305 e. The van der Waals surface area contributed by atoms with Gasteiger partial charge in [0.2, 0.25) is 0 Å². The van der Waals surface area contributed by atoms with Crippen LogP contribution >= 0.6 is 0 Å². The van der Waals surface area contributed by atoms with Gasteiger partial charge in [0.1, 0.15) is 17.6 Å². The Bertz CT molecular complexity index is 861. The van der Waals surface area contributed by atoms with Crippen molar-refractivity contribution in [2.24, 2.45) is 0 Å². The molecular weight excluding hydrogens is 350 g/mol. The molecule has 0 fully saturated rings. The zero-order chi connectivity index (χ0) is 18.5. The SMILES string of the molecule is Cc1ccc([S@@+]([O-])NC(CC(=O)O)c2ccc(-c3ccccc3)o2)cc1. The molecule has 2 atom stereocenters. The average molecular weight is 369 g/mol. The van der Waals surface area contributed by atoms with Gasteiger partial charge in [0.05, 0.1) is 17.8 Å². The Morgan fingerprint density at radius 2 is 1.81 bits per heavy atom. The number of carboxylic acid groups (broad SMARTS) is 1. The molecule has 0 saturated carbocycles. The Labute approximate surface area is 155 Å². The highest BCUT2D eigenvalue weighted by Crippen LogP contribution is 2.28. The van der Waals surface area contributed by atoms with E-state index in [4.69, 9.17) is 4.42 Å². The molecule has 134 valence electrons. The normalized spacial score (nSPS) is 13.3. The Kier molecular flexibility index (Phi) is 5.78. The molecule has 0 aliphatic carbocycles. The zero-order valence-electron chi connectivity index (χ0n) is 14.2. The van der Waals surface area contributed by atoms with Crippen molar-refractivity contribution < 1.29 is 18.9 Å². The molecule has 5 nitrogen and oxygen atoms in total. The summed E-state index contributed by atoms with van der Waals surface area (Å²) in [6.07, 6.45) is -0.237. The van der Waals surface area contributed by atoms with E-state index in [0.717, 1.165) is 11.1 Å². The Hall–Kier alpha value is -2.54. The van der Waals surface area contributed by atoms with Crippen LogP contribution in [0.1, 0.15) is 23.8 Å². The molecule has 6 heteroatoms. The molecule has 0 amide bonds. The number of nitrogens with one attached hydrogen (secondary N) is 1. The summed E-state index contributed by atoms with van der Waals surface area (Å²) in [5.74, 6) is 0.0756. The summed E-state index contributed by atoms with van der Waals surface area (Å²) in [6, 6.07) is 19.6. The van der Waals surface area contributed by atoms with Gasteiger partial charge in [0, 0.05) is 5.56 Å². The molecule has 0 radical (unpaired) electrons. The van der Waals surface area contributed by atoms with Crippen LogP contribution in [0.25, 0.3) is 11.3 Å². The van der Waals surface area contributed by atoms with Crippen molar-refractivity contribution in [2.45, 2.75) is 24.3 Å². The van der Waals surface area contributed by atoms with Crippen molar-refractivity contribution in [3.8, 4) is 11.3 Å². The van der Waals surface area contributed by atoms with Crippen molar-refractivity contribution in [1.29, 1.82) is 0 Å². The second kappa shape index (κ2) is 8.23. The van der Waals surface area contributed by atoms with Crippen molar-refractivity contribution in [3.63, 3.8) is 0 Å².